The second-order valence-corrected chi connectivity index (χ2v) is 0. The standard InChI is InChI=1S/12Fe.19O.Pb/q12*+3;19*-2;+2. The van der Waals surface area contributed by atoms with Gasteiger partial charge in [0.2, 0.25) is 0 Å². The van der Waals surface area contributed by atoms with Crippen LogP contribution in [0.1, 0.15) is 0 Å². The van der Waals surface area contributed by atoms with Gasteiger partial charge in [0.15, 0.2) is 0 Å². The molecule has 19 nitrogen and oxygen atoms in total. The van der Waals surface area contributed by atoms with Gasteiger partial charge >= 0.3 is 232 Å². The van der Waals surface area contributed by atoms with E-state index in [0.717, 1.165) is 0 Å². The fourth-order valence-electron chi connectivity index (χ4n) is 0. The SMILES string of the molecule is [Fe+3].[Fe+3].[Fe+3].[Fe+3].[Fe+3].[Fe+3].[Fe+3].[Fe+3].[Fe+3].[Fe+3].[Fe+3].[Fe+3].[O-2].[O-2].[O-2].[O-2].[O-2].[O-2].[O-2].[O-2].[O-2].[O-2].[O-2].[O-2].[O-2].[O-2].[O-2].[O-2].[O-2].[O-2].[O-2].[Pb+2]. The Bertz CT molecular complexity index is 36.3. The molecule has 0 fully saturated rings. The Balaban J connectivity index is 0. The van der Waals surface area contributed by atoms with Crippen LogP contribution in [0.5, 0.6) is 0 Å². The van der Waals surface area contributed by atoms with Crippen LogP contribution in [0.25, 0.3) is 0 Å². The van der Waals surface area contributed by atoms with Crippen molar-refractivity contribution >= 4 is 27.3 Å². The van der Waals surface area contributed by atoms with Crippen molar-refractivity contribution in [2.24, 2.45) is 0 Å². The van der Waals surface area contributed by atoms with Gasteiger partial charge in [-0.25, -0.2) is 0 Å². The van der Waals surface area contributed by atoms with E-state index in [9.17, 15) is 0 Å². The molecule has 0 unspecified atom stereocenters. The third kappa shape index (κ3) is 1110. The maximum absolute atomic E-state index is 0. The molecule has 0 aromatic heterocycles. The van der Waals surface area contributed by atoms with Crippen molar-refractivity contribution in [3.8, 4) is 0 Å². The average molecular weight is 1180 g/mol. The van der Waals surface area contributed by atoms with Gasteiger partial charge in [0, 0.05) is 0 Å². The summed E-state index contributed by atoms with van der Waals surface area (Å²) in [5.74, 6) is 0. The smallest absolute Gasteiger partial charge is 2.00 e. The van der Waals surface area contributed by atoms with Crippen molar-refractivity contribution in [2.45, 2.75) is 0 Å². The molecular formula is Fe12O19Pb. The van der Waals surface area contributed by atoms with Crippen LogP contribution >= 0.6 is 0 Å². The summed E-state index contributed by atoms with van der Waals surface area (Å²) in [5, 5.41) is 0. The van der Waals surface area contributed by atoms with Crippen molar-refractivity contribution in [1.82, 2.24) is 0 Å². The normalized spacial score (nSPS) is 0. The van der Waals surface area contributed by atoms with E-state index in [1.165, 1.54) is 0 Å². The topological polar surface area (TPSA) is 542 Å². The van der Waals surface area contributed by atoms with E-state index in [-0.39, 0.29) is 336 Å². The zero-order valence-corrected chi connectivity index (χ0v) is 29.6. The molecule has 0 aliphatic heterocycles. The van der Waals surface area contributed by atoms with Crippen LogP contribution in [0.15, 0.2) is 0 Å². The summed E-state index contributed by atoms with van der Waals surface area (Å²) in [7, 11) is 0. The maximum atomic E-state index is 0. The van der Waals surface area contributed by atoms with Crippen molar-refractivity contribution in [3.05, 3.63) is 0 Å². The minimum absolute atomic E-state index is 0. The van der Waals surface area contributed by atoms with E-state index in [0.29, 0.717) is 0 Å². The molecule has 0 rings (SSSR count). The molecule has 0 bridgehead atoms. The zero-order chi connectivity index (χ0) is 0. The molecule has 0 saturated carbocycles. The van der Waals surface area contributed by atoms with Gasteiger partial charge in [-0.1, -0.05) is 0 Å². The Morgan fingerprint density at radius 2 is 0.0938 bits per heavy atom. The van der Waals surface area contributed by atoms with Gasteiger partial charge in [-0.2, -0.15) is 0 Å². The molecular weight excluding hydrogens is 1180 g/mol. The summed E-state index contributed by atoms with van der Waals surface area (Å²) in [6, 6.07) is 0. The van der Waals surface area contributed by atoms with Crippen LogP contribution in [0.3, 0.4) is 0 Å². The minimum atomic E-state index is 0. The number of hydrogen-bond acceptors (Lipinski definition) is 0. The van der Waals surface area contributed by atoms with Crippen molar-refractivity contribution < 1.29 is 309 Å². The fraction of sp³-hybridized carbons (Fsp3) is 0. The second-order valence-electron chi connectivity index (χ2n) is 0. The van der Waals surface area contributed by atoms with E-state index >= 15 is 0 Å². The molecule has 0 aliphatic rings. The summed E-state index contributed by atoms with van der Waals surface area (Å²) in [6.07, 6.45) is 0. The largest absolute Gasteiger partial charge is 3.00 e. The number of hydrogen-bond donors (Lipinski definition) is 0. The van der Waals surface area contributed by atoms with E-state index in [1.54, 1.807) is 0 Å². The van der Waals surface area contributed by atoms with Gasteiger partial charge in [-0.3, -0.25) is 0 Å². The molecule has 32 heteroatoms. The van der Waals surface area contributed by atoms with Gasteiger partial charge in [0.25, 0.3) is 0 Å². The first kappa shape index (κ1) is 1310. The molecule has 214 valence electrons. The van der Waals surface area contributed by atoms with Gasteiger partial charge in [0.1, 0.15) is 0 Å². The van der Waals surface area contributed by atoms with E-state index < -0.39 is 0 Å². The van der Waals surface area contributed by atoms with Crippen LogP contribution in [0, 0.1) is 0 Å². The Morgan fingerprint density at radius 3 is 0.0938 bits per heavy atom. The Morgan fingerprint density at radius 1 is 0.0938 bits per heavy atom. The molecule has 32 heavy (non-hydrogen) atoms. The molecule has 0 aromatic rings. The predicted octanol–water partition coefficient (Wildman–Crippen LogP) is -2.67. The van der Waals surface area contributed by atoms with E-state index in [1.807, 2.05) is 0 Å². The summed E-state index contributed by atoms with van der Waals surface area (Å²) in [4.78, 5) is 0. The third-order valence-corrected chi connectivity index (χ3v) is 0. The van der Waals surface area contributed by atoms with Crippen LogP contribution in [0.2, 0.25) is 0 Å². The van der Waals surface area contributed by atoms with Crippen LogP contribution in [-0.4, -0.2) is 27.3 Å². The first-order chi connectivity index (χ1) is 0. The molecule has 14 radical (unpaired) electrons. The summed E-state index contributed by atoms with van der Waals surface area (Å²) in [6.45, 7) is 0. The van der Waals surface area contributed by atoms with Crippen molar-refractivity contribution in [3.63, 3.8) is 0 Å². The van der Waals surface area contributed by atoms with E-state index in [4.69, 9.17) is 0 Å². The quantitative estimate of drug-likeness (QED) is 0.224. The molecule has 0 N–H and O–H groups in total. The average Bonchev–Trinajstić information content (AvgIpc) is 0. The van der Waals surface area contributed by atoms with Crippen LogP contribution in [0.4, 0.5) is 0 Å². The van der Waals surface area contributed by atoms with Crippen molar-refractivity contribution in [1.29, 1.82) is 0 Å². The first-order valence-electron chi connectivity index (χ1n) is 0. The molecule has 0 amide bonds. The van der Waals surface area contributed by atoms with Gasteiger partial charge in [0.05, 0.1) is 0 Å². The predicted molar refractivity (Wildman–Crippen MR) is 18.8 cm³/mol. The maximum Gasteiger partial charge on any atom is 3.00 e. The van der Waals surface area contributed by atoms with Crippen molar-refractivity contribution in [2.75, 3.05) is 0 Å². The Labute approximate surface area is 331 Å². The molecule has 0 aliphatic carbocycles. The van der Waals surface area contributed by atoms with Gasteiger partial charge < -0.3 is 104 Å². The second kappa shape index (κ2) is 1210. The first-order valence-corrected chi connectivity index (χ1v) is 0. The van der Waals surface area contributed by atoms with Gasteiger partial charge in [-0.05, 0) is 0 Å². The monoisotopic (exact) mass is 1180 g/mol. The van der Waals surface area contributed by atoms with Gasteiger partial charge in [-0.15, -0.1) is 0 Å². The van der Waals surface area contributed by atoms with Crippen LogP contribution in [-0.2, 0) is 309 Å². The Kier molecular flexibility index (Phi) is 49700. The summed E-state index contributed by atoms with van der Waals surface area (Å²) < 4.78 is 0. The molecule has 0 heterocycles. The third-order valence-electron chi connectivity index (χ3n) is 0. The molecule has 0 atom stereocenters. The minimum Gasteiger partial charge on any atom is -2.00 e. The fourth-order valence-corrected chi connectivity index (χ4v) is 0. The summed E-state index contributed by atoms with van der Waals surface area (Å²) in [5.41, 5.74) is 0. The number of rotatable bonds is 0. The Hall–Kier alpha value is 6.40. The zero-order valence-electron chi connectivity index (χ0n) is 12.5. The molecule has 0 saturated heterocycles. The summed E-state index contributed by atoms with van der Waals surface area (Å²) >= 11 is 0. The molecule has 0 spiro atoms. The molecule has 0 aromatic carbocycles. The van der Waals surface area contributed by atoms with Crippen LogP contribution < -0.4 is 0 Å². The van der Waals surface area contributed by atoms with E-state index in [2.05, 4.69) is 0 Å².